The summed E-state index contributed by atoms with van der Waals surface area (Å²) in [5, 5.41) is 56.7. The number of ether oxygens (including phenoxy) is 3. The highest BCUT2D eigenvalue weighted by Gasteiger charge is 2.45. The van der Waals surface area contributed by atoms with Crippen molar-refractivity contribution in [1.82, 2.24) is 10.2 Å². The molecule has 1 saturated heterocycles. The molecule has 0 amide bonds. The summed E-state index contributed by atoms with van der Waals surface area (Å²) < 4.78 is 17.3. The van der Waals surface area contributed by atoms with Crippen LogP contribution >= 0.6 is 0 Å². The van der Waals surface area contributed by atoms with Gasteiger partial charge in [-0.25, -0.2) is 0 Å². The average molecular weight is 579 g/mol. The number of aryl methyl sites for hydroxylation is 1. The van der Waals surface area contributed by atoms with Crippen LogP contribution < -0.4 is 9.47 Å². The van der Waals surface area contributed by atoms with E-state index in [4.69, 9.17) is 14.2 Å². The molecule has 5 atom stereocenters. The zero-order chi connectivity index (χ0) is 30.3. The van der Waals surface area contributed by atoms with E-state index in [1.54, 1.807) is 0 Å². The van der Waals surface area contributed by atoms with Crippen molar-refractivity contribution in [3.63, 3.8) is 0 Å². The van der Waals surface area contributed by atoms with E-state index in [0.717, 1.165) is 41.0 Å². The number of aliphatic hydroxyl groups excluding tert-OH is 5. The summed E-state index contributed by atoms with van der Waals surface area (Å²) in [5.41, 5.74) is 3.24. The third-order valence-electron chi connectivity index (χ3n) is 7.42. The van der Waals surface area contributed by atoms with Gasteiger partial charge in [0.05, 0.1) is 13.2 Å². The van der Waals surface area contributed by atoms with Crippen molar-refractivity contribution in [2.45, 2.75) is 103 Å². The van der Waals surface area contributed by atoms with Gasteiger partial charge in [-0.1, -0.05) is 33.8 Å². The number of unbranched alkanes of at least 4 members (excludes halogenated alkanes) is 1. The van der Waals surface area contributed by atoms with Crippen LogP contribution in [-0.2, 0) is 16.0 Å². The fourth-order valence-corrected chi connectivity index (χ4v) is 4.82. The Morgan fingerprint density at radius 3 is 2.49 bits per heavy atom. The van der Waals surface area contributed by atoms with Gasteiger partial charge in [0.15, 0.2) is 0 Å². The summed E-state index contributed by atoms with van der Waals surface area (Å²) in [7, 11) is 0. The molecule has 1 fully saturated rings. The Morgan fingerprint density at radius 1 is 1.12 bits per heavy atom. The van der Waals surface area contributed by atoms with Gasteiger partial charge < -0.3 is 39.7 Å². The summed E-state index contributed by atoms with van der Waals surface area (Å²) in [4.78, 5) is 12.1. The number of aromatic amines is 1. The maximum absolute atomic E-state index is 12.1. The molecule has 230 valence electrons. The molecule has 1 aliphatic heterocycles. The van der Waals surface area contributed by atoms with E-state index in [-0.39, 0.29) is 29.6 Å². The topological polar surface area (TPSA) is 175 Å². The molecule has 2 aromatic rings. The van der Waals surface area contributed by atoms with Gasteiger partial charge in [0.25, 0.3) is 0 Å². The fourth-order valence-electron chi connectivity index (χ4n) is 4.82. The maximum atomic E-state index is 12.1. The number of carbonyl (C=O) groups excluding carboxylic acids is 1. The summed E-state index contributed by atoms with van der Waals surface area (Å²) in [6, 6.07) is 5.82. The molecule has 1 aliphatic rings. The van der Waals surface area contributed by atoms with Crippen LogP contribution in [0.3, 0.4) is 0 Å². The molecule has 0 unspecified atom stereocenters. The number of carbonyl (C=O) groups is 1. The number of benzene rings is 1. The van der Waals surface area contributed by atoms with Crippen LogP contribution in [-0.4, -0.2) is 92.0 Å². The van der Waals surface area contributed by atoms with Crippen LogP contribution in [0.15, 0.2) is 18.2 Å². The molecule has 0 aliphatic carbocycles. The Bertz CT molecular complexity index is 1130. The monoisotopic (exact) mass is 578 g/mol. The summed E-state index contributed by atoms with van der Waals surface area (Å²) in [6.45, 7) is 9.70. The Balaban J connectivity index is 1.62. The predicted octanol–water partition coefficient (Wildman–Crippen LogP) is 2.14. The highest BCUT2D eigenvalue weighted by molar-refractivity contribution is 5.78. The third-order valence-corrected chi connectivity index (χ3v) is 7.42. The van der Waals surface area contributed by atoms with Gasteiger partial charge in [-0.2, -0.15) is 0 Å². The zero-order valence-corrected chi connectivity index (χ0v) is 24.7. The Hall–Kier alpha value is -2.54. The van der Waals surface area contributed by atoms with E-state index in [1.165, 1.54) is 0 Å². The van der Waals surface area contributed by atoms with E-state index in [2.05, 4.69) is 10.2 Å². The summed E-state index contributed by atoms with van der Waals surface area (Å²) >= 11 is 0. The highest BCUT2D eigenvalue weighted by atomic mass is 16.7. The van der Waals surface area contributed by atoms with Crippen LogP contribution in [0.4, 0.5) is 0 Å². The number of Topliss-reactive ketones (excluding diaryl/α,β-unsaturated/α-hetero) is 1. The molecule has 0 spiro atoms. The number of hydrogen-bond acceptors (Lipinski definition) is 10. The number of aromatic nitrogens is 2. The average Bonchev–Trinajstić information content (AvgIpc) is 3.32. The molecule has 3 rings (SSSR count). The van der Waals surface area contributed by atoms with E-state index < -0.39 is 37.3 Å². The van der Waals surface area contributed by atoms with Crippen LogP contribution in [0.1, 0.15) is 81.7 Å². The van der Waals surface area contributed by atoms with Crippen molar-refractivity contribution in [2.75, 3.05) is 19.8 Å². The number of H-pyrrole nitrogens is 1. The number of nitrogens with one attached hydrogen (secondary N) is 1. The van der Waals surface area contributed by atoms with Gasteiger partial charge in [0.1, 0.15) is 35.9 Å². The van der Waals surface area contributed by atoms with Crippen molar-refractivity contribution in [3.05, 3.63) is 40.6 Å². The number of ketones is 1. The summed E-state index contributed by atoms with van der Waals surface area (Å²) in [6.07, 6.45) is -4.19. The molecule has 6 N–H and O–H groups in total. The zero-order valence-electron chi connectivity index (χ0n) is 24.7. The molecule has 0 radical (unpaired) electrons. The second kappa shape index (κ2) is 14.6. The van der Waals surface area contributed by atoms with Crippen molar-refractivity contribution in [3.8, 4) is 11.6 Å². The van der Waals surface area contributed by atoms with Gasteiger partial charge in [-0.3, -0.25) is 9.89 Å². The molecule has 41 heavy (non-hydrogen) atoms. The standard InChI is InChI=1S/C30H46N2O9/c1-17(2)24-22(28(32-31-24)41-29-27(38)26(37)25(36)23(15-33)40-29)13-19-9-10-21(12-18(19)3)39-11-7-6-8-20(35)14-30(4,5)16-34/h9-10,12,17,23,25-27,29,33-34,36-38H,6-8,11,13-16H2,1-5H3,(H,31,32)/t23-,25-,26+,27-,29+/m1/s1. The minimum Gasteiger partial charge on any atom is -0.494 e. The smallest absolute Gasteiger partial charge is 0.238 e. The lowest BCUT2D eigenvalue weighted by atomic mass is 9.87. The van der Waals surface area contributed by atoms with Gasteiger partial charge >= 0.3 is 0 Å². The van der Waals surface area contributed by atoms with Gasteiger partial charge in [-0.05, 0) is 54.4 Å². The lowest BCUT2D eigenvalue weighted by molar-refractivity contribution is -0.278. The number of nitrogens with zero attached hydrogens (tertiary/aromatic N) is 1. The van der Waals surface area contributed by atoms with E-state index in [9.17, 15) is 30.3 Å². The first-order valence-electron chi connectivity index (χ1n) is 14.3. The molecule has 1 aromatic carbocycles. The van der Waals surface area contributed by atoms with Crippen molar-refractivity contribution in [1.29, 1.82) is 0 Å². The number of rotatable bonds is 15. The Kier molecular flexibility index (Phi) is 11.7. The van der Waals surface area contributed by atoms with E-state index >= 15 is 0 Å². The lowest BCUT2D eigenvalue weighted by Gasteiger charge is -2.39. The van der Waals surface area contributed by atoms with Crippen LogP contribution in [0.5, 0.6) is 11.6 Å². The molecular weight excluding hydrogens is 532 g/mol. The van der Waals surface area contributed by atoms with Gasteiger partial charge in [-0.15, -0.1) is 5.10 Å². The first-order valence-corrected chi connectivity index (χ1v) is 14.3. The second-order valence-electron chi connectivity index (χ2n) is 12.0. The Labute approximate surface area is 241 Å². The number of hydrogen-bond donors (Lipinski definition) is 6. The molecule has 2 heterocycles. The van der Waals surface area contributed by atoms with Crippen molar-refractivity contribution >= 4 is 5.78 Å². The first kappa shape index (κ1) is 33.0. The summed E-state index contributed by atoms with van der Waals surface area (Å²) in [5.74, 6) is 1.18. The van der Waals surface area contributed by atoms with E-state index in [0.29, 0.717) is 25.9 Å². The molecule has 11 nitrogen and oxygen atoms in total. The minimum atomic E-state index is -1.55. The van der Waals surface area contributed by atoms with Gasteiger partial charge in [0.2, 0.25) is 12.2 Å². The first-order chi connectivity index (χ1) is 19.4. The maximum Gasteiger partial charge on any atom is 0.238 e. The SMILES string of the molecule is Cc1cc(OCCCCC(=O)CC(C)(C)CO)ccc1Cc1c(O[C@@H]2O[C@H](CO)[C@@H](O)[C@H](O)[C@H]2O)n[nH]c1C(C)C. The second-order valence-corrected chi connectivity index (χ2v) is 12.0. The van der Waals surface area contributed by atoms with Crippen LogP contribution in [0.2, 0.25) is 0 Å². The lowest BCUT2D eigenvalue weighted by Crippen LogP contribution is -2.60. The van der Waals surface area contributed by atoms with Crippen LogP contribution in [0, 0.1) is 12.3 Å². The van der Waals surface area contributed by atoms with E-state index in [1.807, 2.05) is 52.8 Å². The third kappa shape index (κ3) is 8.73. The largest absolute Gasteiger partial charge is 0.494 e. The van der Waals surface area contributed by atoms with Crippen LogP contribution in [0.25, 0.3) is 0 Å². The quantitative estimate of drug-likeness (QED) is 0.172. The van der Waals surface area contributed by atoms with Crippen molar-refractivity contribution in [2.24, 2.45) is 5.41 Å². The molecule has 0 bridgehead atoms. The fraction of sp³-hybridized carbons (Fsp3) is 0.667. The molecule has 1 aromatic heterocycles. The molecule has 11 heteroatoms. The molecular formula is C30H46N2O9. The minimum absolute atomic E-state index is 0.0108. The number of aliphatic hydroxyl groups is 5. The van der Waals surface area contributed by atoms with Crippen molar-refractivity contribution < 1.29 is 44.5 Å². The predicted molar refractivity (Wildman–Crippen MR) is 151 cm³/mol. The van der Waals surface area contributed by atoms with Gasteiger partial charge in [0, 0.05) is 37.1 Å². The normalized spacial score (nSPS) is 23.1. The Morgan fingerprint density at radius 2 is 1.85 bits per heavy atom. The highest BCUT2D eigenvalue weighted by Crippen LogP contribution is 2.32. The molecule has 0 saturated carbocycles.